The fourth-order valence-corrected chi connectivity index (χ4v) is 2.27. The molecule has 0 bridgehead atoms. The number of hydrogen-bond donors (Lipinski definition) is 2. The van der Waals surface area contributed by atoms with Gasteiger partial charge in [-0.05, 0) is 29.8 Å². The van der Waals surface area contributed by atoms with Crippen molar-refractivity contribution in [1.82, 2.24) is 10.9 Å². The highest BCUT2D eigenvalue weighted by molar-refractivity contribution is 5.93. The molecule has 2 rings (SSSR count). The molecule has 1 unspecified atom stereocenters. The smallest absolute Gasteiger partial charge is 0.265 e. The molecule has 2 N–H and O–H groups in total. The third kappa shape index (κ3) is 4.27. The van der Waals surface area contributed by atoms with Crippen LogP contribution in [-0.4, -0.2) is 5.91 Å². The fraction of sp³-hybridized carbons (Fsp3) is 0.211. The van der Waals surface area contributed by atoms with Gasteiger partial charge in [-0.25, -0.2) is 9.82 Å². The minimum atomic E-state index is -0.345. The molecule has 120 valence electrons. The van der Waals surface area contributed by atoms with E-state index in [1.807, 2.05) is 26.0 Å². The SMILES string of the molecule is C=CC(C)(C)C(NNC(=O)c1ccccc1)c1ccc(F)cc1. The quantitative estimate of drug-likeness (QED) is 0.625. The molecule has 0 aliphatic carbocycles. The Morgan fingerprint density at radius 3 is 2.30 bits per heavy atom. The van der Waals surface area contributed by atoms with Crippen molar-refractivity contribution in [2.24, 2.45) is 5.41 Å². The van der Waals surface area contributed by atoms with Gasteiger partial charge in [-0.2, -0.15) is 0 Å². The molecule has 0 aromatic heterocycles. The monoisotopic (exact) mass is 312 g/mol. The molecule has 0 saturated heterocycles. The second-order valence-electron chi connectivity index (χ2n) is 5.97. The first-order valence-corrected chi connectivity index (χ1v) is 7.44. The van der Waals surface area contributed by atoms with Gasteiger partial charge in [0.15, 0.2) is 0 Å². The topological polar surface area (TPSA) is 41.1 Å². The molecule has 1 amide bonds. The van der Waals surface area contributed by atoms with E-state index in [0.717, 1.165) is 5.56 Å². The molecule has 0 aliphatic rings. The van der Waals surface area contributed by atoms with Gasteiger partial charge in [0.25, 0.3) is 5.91 Å². The van der Waals surface area contributed by atoms with Crippen LogP contribution in [0.15, 0.2) is 67.3 Å². The van der Waals surface area contributed by atoms with Crippen LogP contribution in [0, 0.1) is 11.2 Å². The second kappa shape index (κ2) is 7.20. The van der Waals surface area contributed by atoms with Gasteiger partial charge >= 0.3 is 0 Å². The van der Waals surface area contributed by atoms with E-state index in [4.69, 9.17) is 0 Å². The molecule has 0 radical (unpaired) electrons. The molecule has 0 fully saturated rings. The van der Waals surface area contributed by atoms with Crippen LogP contribution in [0.2, 0.25) is 0 Å². The van der Waals surface area contributed by atoms with Gasteiger partial charge in [0, 0.05) is 11.0 Å². The zero-order valence-corrected chi connectivity index (χ0v) is 13.3. The van der Waals surface area contributed by atoms with Gasteiger partial charge in [0.1, 0.15) is 5.82 Å². The Morgan fingerprint density at radius 1 is 1.13 bits per heavy atom. The van der Waals surface area contributed by atoms with Crippen LogP contribution in [0.3, 0.4) is 0 Å². The van der Waals surface area contributed by atoms with Crippen LogP contribution in [0.25, 0.3) is 0 Å². The van der Waals surface area contributed by atoms with Crippen LogP contribution in [0.5, 0.6) is 0 Å². The van der Waals surface area contributed by atoms with Crippen LogP contribution in [-0.2, 0) is 0 Å². The summed E-state index contributed by atoms with van der Waals surface area (Å²) in [5.41, 5.74) is 6.86. The molecule has 2 aromatic rings. The lowest BCUT2D eigenvalue weighted by Crippen LogP contribution is -2.44. The Morgan fingerprint density at radius 2 is 1.74 bits per heavy atom. The highest BCUT2D eigenvalue weighted by atomic mass is 19.1. The third-order valence-corrected chi connectivity index (χ3v) is 3.84. The van der Waals surface area contributed by atoms with E-state index in [1.54, 1.807) is 36.4 Å². The summed E-state index contributed by atoms with van der Waals surface area (Å²) in [5, 5.41) is 0. The molecular formula is C19H21FN2O. The first-order valence-electron chi connectivity index (χ1n) is 7.44. The predicted octanol–water partition coefficient (Wildman–Crippen LogP) is 4.01. The summed E-state index contributed by atoms with van der Waals surface area (Å²) in [7, 11) is 0. The van der Waals surface area contributed by atoms with Crippen molar-refractivity contribution in [2.75, 3.05) is 0 Å². The van der Waals surface area contributed by atoms with Gasteiger partial charge in [0.05, 0.1) is 6.04 Å². The van der Waals surface area contributed by atoms with Crippen molar-refractivity contribution in [3.05, 3.63) is 84.2 Å². The standard InChI is InChI=1S/C19H21FN2O/c1-4-19(2,3)17(14-10-12-16(20)13-11-14)21-22-18(23)15-8-6-5-7-9-15/h4-13,17,21H,1H2,2-3H3,(H,22,23). The second-order valence-corrected chi connectivity index (χ2v) is 5.97. The molecule has 0 spiro atoms. The summed E-state index contributed by atoms with van der Waals surface area (Å²) in [5.74, 6) is -0.519. The zero-order chi connectivity index (χ0) is 16.9. The van der Waals surface area contributed by atoms with E-state index < -0.39 is 0 Å². The maximum absolute atomic E-state index is 13.2. The highest BCUT2D eigenvalue weighted by Gasteiger charge is 2.28. The average molecular weight is 312 g/mol. The van der Waals surface area contributed by atoms with Crippen LogP contribution in [0.4, 0.5) is 4.39 Å². The van der Waals surface area contributed by atoms with Crippen molar-refractivity contribution in [2.45, 2.75) is 19.9 Å². The number of rotatable bonds is 6. The van der Waals surface area contributed by atoms with Crippen molar-refractivity contribution in [3.8, 4) is 0 Å². The summed E-state index contributed by atoms with van der Waals surface area (Å²) in [4.78, 5) is 12.2. The minimum Gasteiger partial charge on any atom is -0.287 e. The van der Waals surface area contributed by atoms with Crippen molar-refractivity contribution < 1.29 is 9.18 Å². The minimum absolute atomic E-state index is 0.224. The van der Waals surface area contributed by atoms with E-state index >= 15 is 0 Å². The fourth-order valence-electron chi connectivity index (χ4n) is 2.27. The zero-order valence-electron chi connectivity index (χ0n) is 13.3. The van der Waals surface area contributed by atoms with Crippen LogP contribution < -0.4 is 10.9 Å². The first-order chi connectivity index (χ1) is 10.9. The number of carbonyl (C=O) groups excluding carboxylic acids is 1. The summed E-state index contributed by atoms with van der Waals surface area (Å²) < 4.78 is 13.2. The molecule has 1 atom stereocenters. The van der Waals surface area contributed by atoms with E-state index in [9.17, 15) is 9.18 Å². The van der Waals surface area contributed by atoms with E-state index in [1.165, 1.54) is 12.1 Å². The number of halogens is 1. The molecule has 4 heteroatoms. The summed E-state index contributed by atoms with van der Waals surface area (Å²) in [6.07, 6.45) is 1.81. The molecule has 3 nitrogen and oxygen atoms in total. The lowest BCUT2D eigenvalue weighted by molar-refractivity contribution is 0.0912. The third-order valence-electron chi connectivity index (χ3n) is 3.84. The van der Waals surface area contributed by atoms with Gasteiger partial charge in [-0.1, -0.05) is 50.3 Å². The molecule has 0 aliphatic heterocycles. The first kappa shape index (κ1) is 16.9. The summed E-state index contributed by atoms with van der Waals surface area (Å²) in [6, 6.07) is 14.9. The van der Waals surface area contributed by atoms with Crippen LogP contribution >= 0.6 is 0 Å². The number of hydrogen-bond acceptors (Lipinski definition) is 2. The van der Waals surface area contributed by atoms with Crippen molar-refractivity contribution in [3.63, 3.8) is 0 Å². The van der Waals surface area contributed by atoms with Crippen molar-refractivity contribution in [1.29, 1.82) is 0 Å². The van der Waals surface area contributed by atoms with Gasteiger partial charge < -0.3 is 0 Å². The Balaban J connectivity index is 2.17. The average Bonchev–Trinajstić information content (AvgIpc) is 2.57. The molecule has 2 aromatic carbocycles. The highest BCUT2D eigenvalue weighted by Crippen LogP contribution is 2.33. The predicted molar refractivity (Wildman–Crippen MR) is 90.2 cm³/mol. The van der Waals surface area contributed by atoms with Gasteiger partial charge in [-0.3, -0.25) is 10.2 Å². The molecule has 0 saturated carbocycles. The number of benzene rings is 2. The summed E-state index contributed by atoms with van der Waals surface area (Å²) >= 11 is 0. The Labute approximate surface area is 136 Å². The Bertz CT molecular complexity index is 666. The Hall–Kier alpha value is -2.46. The Kier molecular flexibility index (Phi) is 5.29. The van der Waals surface area contributed by atoms with Crippen molar-refractivity contribution >= 4 is 5.91 Å². The van der Waals surface area contributed by atoms with Gasteiger partial charge in [-0.15, -0.1) is 6.58 Å². The normalized spacial score (nSPS) is 12.5. The van der Waals surface area contributed by atoms with Crippen LogP contribution in [0.1, 0.15) is 35.8 Å². The van der Waals surface area contributed by atoms with Gasteiger partial charge in [0.2, 0.25) is 0 Å². The van der Waals surface area contributed by atoms with E-state index in [-0.39, 0.29) is 23.2 Å². The lowest BCUT2D eigenvalue weighted by Gasteiger charge is -2.32. The number of carbonyl (C=O) groups is 1. The molecular weight excluding hydrogens is 291 g/mol. The van der Waals surface area contributed by atoms with E-state index in [2.05, 4.69) is 17.4 Å². The number of hydrazine groups is 1. The summed E-state index contributed by atoms with van der Waals surface area (Å²) in [6.45, 7) is 7.85. The molecule has 0 heterocycles. The van der Waals surface area contributed by atoms with E-state index in [0.29, 0.717) is 5.56 Å². The largest absolute Gasteiger partial charge is 0.287 e. The molecule has 23 heavy (non-hydrogen) atoms. The lowest BCUT2D eigenvalue weighted by atomic mass is 9.81. The number of amides is 1. The number of nitrogens with one attached hydrogen (secondary N) is 2. The maximum atomic E-state index is 13.2. The maximum Gasteiger partial charge on any atom is 0.265 e.